The zero-order valence-electron chi connectivity index (χ0n) is 16.6. The van der Waals surface area contributed by atoms with Crippen LogP contribution in [0.1, 0.15) is 67.4 Å². The van der Waals surface area contributed by atoms with Gasteiger partial charge in [-0.3, -0.25) is 9.78 Å². The topological polar surface area (TPSA) is 56.7 Å². The fraction of sp³-hybridized carbons (Fsp3) is 0.727. The molecule has 1 spiro atoms. The number of rotatable bonds is 3. The van der Waals surface area contributed by atoms with Gasteiger partial charge in [-0.15, -0.1) is 0 Å². The predicted molar refractivity (Wildman–Crippen MR) is 106 cm³/mol. The van der Waals surface area contributed by atoms with Crippen molar-refractivity contribution >= 4 is 5.91 Å². The summed E-state index contributed by atoms with van der Waals surface area (Å²) in [7, 11) is 0. The number of hydrogen-bond donors (Lipinski definition) is 1. The van der Waals surface area contributed by atoms with Gasteiger partial charge in [0.25, 0.3) is 5.91 Å². The second-order valence-corrected chi connectivity index (χ2v) is 9.19. The quantitative estimate of drug-likeness (QED) is 0.887. The van der Waals surface area contributed by atoms with E-state index in [0.29, 0.717) is 11.0 Å². The first-order valence-electron chi connectivity index (χ1n) is 10.6. The summed E-state index contributed by atoms with van der Waals surface area (Å²) in [4.78, 5) is 21.4. The first-order valence-corrected chi connectivity index (χ1v) is 10.6. The lowest BCUT2D eigenvalue weighted by Crippen LogP contribution is -2.50. The molecule has 1 aromatic heterocycles. The van der Waals surface area contributed by atoms with Gasteiger partial charge in [-0.2, -0.15) is 0 Å². The van der Waals surface area contributed by atoms with Crippen molar-refractivity contribution in [3.63, 3.8) is 0 Å². The number of aliphatic hydroxyl groups is 1. The Morgan fingerprint density at radius 2 is 1.70 bits per heavy atom. The maximum absolute atomic E-state index is 12.7. The highest BCUT2D eigenvalue weighted by atomic mass is 16.3. The van der Waals surface area contributed by atoms with Gasteiger partial charge in [-0.1, -0.05) is 0 Å². The predicted octanol–water partition coefficient (Wildman–Crippen LogP) is 3.01. The van der Waals surface area contributed by atoms with Gasteiger partial charge in [0.15, 0.2) is 0 Å². The summed E-state index contributed by atoms with van der Waals surface area (Å²) < 4.78 is 0. The van der Waals surface area contributed by atoms with E-state index in [1.807, 2.05) is 24.0 Å². The molecule has 27 heavy (non-hydrogen) atoms. The summed E-state index contributed by atoms with van der Waals surface area (Å²) in [6, 6.07) is 3.79. The molecule has 4 rings (SSSR count). The molecule has 0 bridgehead atoms. The largest absolute Gasteiger partial charge is 0.389 e. The number of carbonyl (C=O) groups excluding carboxylic acids is 1. The van der Waals surface area contributed by atoms with E-state index in [0.717, 1.165) is 76.9 Å². The minimum absolute atomic E-state index is 0.110. The molecule has 0 aromatic carbocycles. The Morgan fingerprint density at radius 1 is 1.04 bits per heavy atom. The number of carbonyl (C=O) groups is 1. The first-order chi connectivity index (χ1) is 13.0. The second-order valence-electron chi connectivity index (χ2n) is 9.19. The Kier molecular flexibility index (Phi) is 5.26. The molecular weight excluding hydrogens is 338 g/mol. The highest BCUT2D eigenvalue weighted by molar-refractivity contribution is 5.94. The van der Waals surface area contributed by atoms with Crippen molar-refractivity contribution in [2.75, 3.05) is 32.7 Å². The van der Waals surface area contributed by atoms with Crippen LogP contribution in [-0.2, 0) is 0 Å². The Labute approximate surface area is 162 Å². The van der Waals surface area contributed by atoms with Crippen LogP contribution in [0, 0.1) is 12.3 Å². The monoisotopic (exact) mass is 371 g/mol. The Morgan fingerprint density at radius 3 is 2.30 bits per heavy atom. The maximum Gasteiger partial charge on any atom is 0.255 e. The molecule has 3 heterocycles. The van der Waals surface area contributed by atoms with E-state index >= 15 is 0 Å². The normalized spacial score (nSPS) is 25.0. The molecule has 2 aliphatic heterocycles. The minimum Gasteiger partial charge on any atom is -0.389 e. The molecule has 148 valence electrons. The molecular formula is C22H33N3O2. The highest BCUT2D eigenvalue weighted by Gasteiger charge is 2.44. The molecule has 1 N–H and O–H groups in total. The van der Waals surface area contributed by atoms with Crippen molar-refractivity contribution in [2.45, 2.75) is 63.9 Å². The van der Waals surface area contributed by atoms with Gasteiger partial charge in [0.1, 0.15) is 0 Å². The van der Waals surface area contributed by atoms with E-state index in [1.54, 1.807) is 6.20 Å². The van der Waals surface area contributed by atoms with Crippen molar-refractivity contribution in [2.24, 2.45) is 5.41 Å². The lowest BCUT2D eigenvalue weighted by Gasteiger charge is -2.49. The summed E-state index contributed by atoms with van der Waals surface area (Å²) in [5.41, 5.74) is 1.48. The second kappa shape index (κ2) is 7.51. The SMILES string of the molecule is Cc1ccc(C(=O)N2CCC3(CC2)CCC(O)(CN2CCCC2)CC3)cn1. The lowest BCUT2D eigenvalue weighted by molar-refractivity contribution is -0.0647. The highest BCUT2D eigenvalue weighted by Crippen LogP contribution is 2.48. The van der Waals surface area contributed by atoms with Crippen molar-refractivity contribution < 1.29 is 9.90 Å². The van der Waals surface area contributed by atoms with Crippen LogP contribution >= 0.6 is 0 Å². The van der Waals surface area contributed by atoms with E-state index < -0.39 is 5.60 Å². The number of amides is 1. The van der Waals surface area contributed by atoms with Gasteiger partial charge < -0.3 is 14.9 Å². The molecule has 5 heteroatoms. The average molecular weight is 372 g/mol. The maximum atomic E-state index is 12.7. The van der Waals surface area contributed by atoms with Crippen LogP contribution in [0.3, 0.4) is 0 Å². The number of pyridine rings is 1. The van der Waals surface area contributed by atoms with Crippen molar-refractivity contribution in [3.05, 3.63) is 29.6 Å². The zero-order valence-corrected chi connectivity index (χ0v) is 16.6. The molecule has 3 fully saturated rings. The number of nitrogens with zero attached hydrogens (tertiary/aromatic N) is 3. The third-order valence-corrected chi connectivity index (χ3v) is 7.23. The molecule has 1 saturated carbocycles. The summed E-state index contributed by atoms with van der Waals surface area (Å²) >= 11 is 0. The van der Waals surface area contributed by atoms with Crippen LogP contribution in [0.4, 0.5) is 0 Å². The number of β-amino-alcohol motifs (C(OH)–C–C–N with tert-alkyl or cyclic N) is 1. The molecule has 2 saturated heterocycles. The number of piperidine rings is 1. The van der Waals surface area contributed by atoms with Gasteiger partial charge >= 0.3 is 0 Å². The van der Waals surface area contributed by atoms with Gasteiger partial charge in [-0.05, 0) is 88.9 Å². The van der Waals surface area contributed by atoms with Crippen molar-refractivity contribution in [1.29, 1.82) is 0 Å². The Balaban J connectivity index is 1.30. The van der Waals surface area contributed by atoms with Crippen LogP contribution in [0.15, 0.2) is 18.3 Å². The molecule has 1 aromatic rings. The van der Waals surface area contributed by atoms with E-state index in [2.05, 4.69) is 9.88 Å². The fourth-order valence-electron chi connectivity index (χ4n) is 5.22. The molecule has 3 aliphatic rings. The smallest absolute Gasteiger partial charge is 0.255 e. The van der Waals surface area contributed by atoms with E-state index in [9.17, 15) is 9.90 Å². The Hall–Kier alpha value is -1.46. The number of aromatic nitrogens is 1. The van der Waals surface area contributed by atoms with Gasteiger partial charge in [0, 0.05) is 31.5 Å². The average Bonchev–Trinajstić information content (AvgIpc) is 3.18. The van der Waals surface area contributed by atoms with Crippen LogP contribution in [0.25, 0.3) is 0 Å². The summed E-state index contributed by atoms with van der Waals surface area (Å²) in [6.45, 7) is 6.76. The van der Waals surface area contributed by atoms with Crippen LogP contribution in [0.5, 0.6) is 0 Å². The number of likely N-dealkylation sites (tertiary alicyclic amines) is 2. The fourth-order valence-corrected chi connectivity index (χ4v) is 5.22. The first kappa shape index (κ1) is 18.9. The minimum atomic E-state index is -0.490. The van der Waals surface area contributed by atoms with E-state index in [4.69, 9.17) is 0 Å². The zero-order chi connectivity index (χ0) is 18.9. The third kappa shape index (κ3) is 4.19. The number of aryl methyl sites for hydroxylation is 1. The van der Waals surface area contributed by atoms with Crippen molar-refractivity contribution in [3.8, 4) is 0 Å². The standard InChI is InChI=1S/C22H33N3O2/c1-18-4-5-19(16-23-18)20(26)25-14-10-21(11-15-25)6-8-22(27,9-7-21)17-24-12-2-3-13-24/h4-5,16,27H,2-3,6-15,17H2,1H3. The molecule has 0 atom stereocenters. The van der Waals surface area contributed by atoms with Gasteiger partial charge in [0.2, 0.25) is 0 Å². The molecule has 1 amide bonds. The molecule has 0 unspecified atom stereocenters. The van der Waals surface area contributed by atoms with Gasteiger partial charge in [-0.25, -0.2) is 0 Å². The van der Waals surface area contributed by atoms with Gasteiger partial charge in [0.05, 0.1) is 11.2 Å². The summed E-state index contributed by atoms with van der Waals surface area (Å²) in [5, 5.41) is 11.0. The molecule has 5 nitrogen and oxygen atoms in total. The van der Waals surface area contributed by atoms with Crippen LogP contribution in [-0.4, -0.2) is 64.1 Å². The van der Waals surface area contributed by atoms with E-state index in [1.165, 1.54) is 12.8 Å². The lowest BCUT2D eigenvalue weighted by atomic mass is 9.64. The van der Waals surface area contributed by atoms with Crippen LogP contribution in [0.2, 0.25) is 0 Å². The molecule has 1 aliphatic carbocycles. The Bertz CT molecular complexity index is 649. The van der Waals surface area contributed by atoms with Crippen molar-refractivity contribution in [1.82, 2.24) is 14.8 Å². The summed E-state index contributed by atoms with van der Waals surface area (Å²) in [5.74, 6) is 0.110. The number of hydrogen-bond acceptors (Lipinski definition) is 4. The third-order valence-electron chi connectivity index (χ3n) is 7.23. The summed E-state index contributed by atoms with van der Waals surface area (Å²) in [6.07, 6.45) is 10.4. The van der Waals surface area contributed by atoms with E-state index in [-0.39, 0.29) is 5.91 Å². The molecule has 0 radical (unpaired) electrons. The van der Waals surface area contributed by atoms with Crippen LogP contribution < -0.4 is 0 Å².